The smallest absolute Gasteiger partial charge is 0.258 e. The zero-order valence-electron chi connectivity index (χ0n) is 18.4. The Balaban J connectivity index is 1.40. The Morgan fingerprint density at radius 1 is 1.09 bits per heavy atom. The van der Waals surface area contributed by atoms with E-state index >= 15 is 0 Å². The van der Waals surface area contributed by atoms with E-state index in [1.54, 1.807) is 25.1 Å². The van der Waals surface area contributed by atoms with Crippen LogP contribution in [-0.2, 0) is 5.41 Å². The number of nitrogen functional groups attached to an aromatic ring is 1. The van der Waals surface area contributed by atoms with Gasteiger partial charge in [0.25, 0.3) is 5.56 Å². The number of nitrogens with zero attached hydrogens (tertiary/aromatic N) is 4. The summed E-state index contributed by atoms with van der Waals surface area (Å²) in [5.74, 6) is 0.501. The van der Waals surface area contributed by atoms with Crippen LogP contribution >= 0.6 is 0 Å². The molecule has 2 aliphatic rings. The lowest BCUT2D eigenvalue weighted by molar-refractivity contribution is 0.363. The molecule has 2 aromatic heterocycles. The summed E-state index contributed by atoms with van der Waals surface area (Å²) in [6.07, 6.45) is 1.22. The normalized spacial score (nSPS) is 22.0. The molecule has 4 aromatic rings. The molecule has 33 heavy (non-hydrogen) atoms. The zero-order valence-corrected chi connectivity index (χ0v) is 18.4. The van der Waals surface area contributed by atoms with Crippen LogP contribution in [0.15, 0.2) is 47.3 Å². The SMILES string of the molecule is Cc1nc2cc(-c3nc(-c4ccc([C@]56C[C@H]5CN(C)C6)cc4)c(F)nc3N)ccc2c(=O)[nH]1. The Morgan fingerprint density at radius 2 is 1.85 bits per heavy atom. The van der Waals surface area contributed by atoms with E-state index in [0.717, 1.165) is 13.1 Å². The van der Waals surface area contributed by atoms with Crippen LogP contribution < -0.4 is 11.3 Å². The molecule has 0 radical (unpaired) electrons. The minimum Gasteiger partial charge on any atom is -0.382 e. The van der Waals surface area contributed by atoms with Crippen molar-refractivity contribution in [1.29, 1.82) is 0 Å². The average Bonchev–Trinajstić information content (AvgIpc) is 3.35. The Kier molecular flexibility index (Phi) is 4.19. The molecule has 1 saturated heterocycles. The number of likely N-dealkylation sites (N-methyl/N-ethyl adjacent to an activating group) is 1. The number of hydrogen-bond donors (Lipinski definition) is 2. The maximum Gasteiger partial charge on any atom is 0.258 e. The van der Waals surface area contributed by atoms with E-state index in [2.05, 4.69) is 44.0 Å². The van der Waals surface area contributed by atoms with Gasteiger partial charge in [0.15, 0.2) is 5.82 Å². The highest BCUT2D eigenvalue weighted by atomic mass is 19.1. The Bertz CT molecular complexity index is 1480. The highest BCUT2D eigenvalue weighted by Gasteiger charge is 2.59. The first-order valence-electron chi connectivity index (χ1n) is 11.0. The molecule has 0 spiro atoms. The number of nitrogens with one attached hydrogen (secondary N) is 1. The largest absolute Gasteiger partial charge is 0.382 e. The summed E-state index contributed by atoms with van der Waals surface area (Å²) in [6, 6.07) is 13.1. The van der Waals surface area contributed by atoms with Crippen molar-refractivity contribution < 1.29 is 4.39 Å². The van der Waals surface area contributed by atoms with Crippen LogP contribution in [0.25, 0.3) is 33.4 Å². The number of rotatable bonds is 3. The molecular weight excluding hydrogens is 419 g/mol. The van der Waals surface area contributed by atoms with Crippen LogP contribution in [0.5, 0.6) is 0 Å². The first-order valence-corrected chi connectivity index (χ1v) is 11.0. The zero-order chi connectivity index (χ0) is 22.9. The highest BCUT2D eigenvalue weighted by molar-refractivity contribution is 5.85. The Morgan fingerprint density at radius 3 is 2.58 bits per heavy atom. The fraction of sp³-hybridized carbons (Fsp3) is 0.280. The minimum absolute atomic E-state index is 0.0116. The number of likely N-dealkylation sites (tertiary alicyclic amines) is 1. The van der Waals surface area contributed by atoms with Gasteiger partial charge >= 0.3 is 0 Å². The van der Waals surface area contributed by atoms with Crippen LogP contribution in [0.3, 0.4) is 0 Å². The fourth-order valence-corrected chi connectivity index (χ4v) is 5.37. The van der Waals surface area contributed by atoms with Gasteiger partial charge in [-0.25, -0.2) is 9.97 Å². The number of aromatic nitrogens is 4. The number of aromatic amines is 1. The van der Waals surface area contributed by atoms with Crippen molar-refractivity contribution in [3.8, 4) is 22.5 Å². The molecule has 8 heteroatoms. The second-order valence-electron chi connectivity index (χ2n) is 9.31. The molecule has 7 nitrogen and oxygen atoms in total. The third-order valence-corrected chi connectivity index (χ3v) is 7.03. The third kappa shape index (κ3) is 3.13. The van der Waals surface area contributed by atoms with Gasteiger partial charge in [-0.05, 0) is 44.0 Å². The first-order chi connectivity index (χ1) is 15.8. The number of hydrogen-bond acceptors (Lipinski definition) is 6. The summed E-state index contributed by atoms with van der Waals surface area (Å²) < 4.78 is 14.8. The lowest BCUT2D eigenvalue weighted by atomic mass is 9.93. The van der Waals surface area contributed by atoms with E-state index < -0.39 is 5.95 Å². The predicted octanol–water partition coefficient (Wildman–Crippen LogP) is 3.28. The van der Waals surface area contributed by atoms with Gasteiger partial charge in [0.05, 0.1) is 10.9 Å². The maximum absolute atomic E-state index is 14.8. The van der Waals surface area contributed by atoms with Gasteiger partial charge in [-0.15, -0.1) is 0 Å². The van der Waals surface area contributed by atoms with Gasteiger partial charge in [-0.2, -0.15) is 9.37 Å². The van der Waals surface area contributed by atoms with E-state index in [1.165, 1.54) is 12.0 Å². The van der Waals surface area contributed by atoms with Crippen LogP contribution in [0.1, 0.15) is 17.8 Å². The van der Waals surface area contributed by atoms with Crippen LogP contribution in [0.2, 0.25) is 0 Å². The van der Waals surface area contributed by atoms with E-state index in [-0.39, 0.29) is 22.5 Å². The average molecular weight is 442 g/mol. The second kappa shape index (κ2) is 6.92. The molecule has 0 bridgehead atoms. The monoisotopic (exact) mass is 442 g/mol. The third-order valence-electron chi connectivity index (χ3n) is 7.03. The highest BCUT2D eigenvalue weighted by Crippen LogP contribution is 2.58. The number of H-pyrrole nitrogens is 1. The van der Waals surface area contributed by atoms with Gasteiger partial charge in [-0.1, -0.05) is 30.3 Å². The number of anilines is 1. The van der Waals surface area contributed by atoms with Crippen molar-refractivity contribution >= 4 is 16.7 Å². The number of aryl methyl sites for hydroxylation is 1. The summed E-state index contributed by atoms with van der Waals surface area (Å²) in [5.41, 5.74) is 9.67. The lowest BCUT2D eigenvalue weighted by Gasteiger charge is -2.17. The molecule has 3 N–H and O–H groups in total. The Hall–Kier alpha value is -3.65. The molecule has 1 aliphatic heterocycles. The lowest BCUT2D eigenvalue weighted by Crippen LogP contribution is -2.22. The molecule has 2 fully saturated rings. The van der Waals surface area contributed by atoms with Crippen molar-refractivity contribution in [3.05, 3.63) is 70.2 Å². The molecule has 0 unspecified atom stereocenters. The van der Waals surface area contributed by atoms with Crippen molar-refractivity contribution in [2.75, 3.05) is 25.9 Å². The number of piperidine rings is 1. The molecule has 1 saturated carbocycles. The first kappa shape index (κ1) is 20.0. The standard InChI is InChI=1S/C25H23FN6O/c1-13-28-19-9-15(5-8-18(19)24(33)29-13)21-23(27)31-22(26)20(30-21)14-3-6-16(7-4-14)25-10-17(25)11-32(2)12-25/h3-9,17H,10-12H2,1-2H3,(H2,27,31)(H,28,29,33)/t17-,25+/m0/s1. The van der Waals surface area contributed by atoms with Gasteiger partial charge in [0, 0.05) is 29.6 Å². The number of benzene rings is 2. The van der Waals surface area contributed by atoms with Crippen LogP contribution in [0.4, 0.5) is 10.2 Å². The molecule has 6 rings (SSSR count). The quantitative estimate of drug-likeness (QED) is 0.505. The van der Waals surface area contributed by atoms with E-state index in [9.17, 15) is 9.18 Å². The summed E-state index contributed by atoms with van der Waals surface area (Å²) in [7, 11) is 2.16. The number of fused-ring (bicyclic) bond motifs is 2. The van der Waals surface area contributed by atoms with Crippen LogP contribution in [0, 0.1) is 18.8 Å². The van der Waals surface area contributed by atoms with Crippen LogP contribution in [-0.4, -0.2) is 45.0 Å². The van der Waals surface area contributed by atoms with Gasteiger partial charge < -0.3 is 15.6 Å². The summed E-state index contributed by atoms with van der Waals surface area (Å²) in [6.45, 7) is 3.92. The van der Waals surface area contributed by atoms with Gasteiger partial charge in [0.1, 0.15) is 17.2 Å². The minimum atomic E-state index is -0.710. The summed E-state index contributed by atoms with van der Waals surface area (Å²) in [4.78, 5) is 30.1. The van der Waals surface area contributed by atoms with Gasteiger partial charge in [0.2, 0.25) is 5.95 Å². The number of halogens is 1. The van der Waals surface area contributed by atoms with E-state index in [4.69, 9.17) is 5.73 Å². The van der Waals surface area contributed by atoms with Crippen molar-refractivity contribution in [2.24, 2.45) is 5.92 Å². The molecule has 1 aliphatic carbocycles. The summed E-state index contributed by atoms with van der Waals surface area (Å²) in [5, 5.41) is 0.462. The molecule has 2 atom stereocenters. The molecular formula is C25H23FN6O. The summed E-state index contributed by atoms with van der Waals surface area (Å²) >= 11 is 0. The van der Waals surface area contributed by atoms with E-state index in [0.29, 0.717) is 39.5 Å². The topological polar surface area (TPSA) is 101 Å². The second-order valence-corrected chi connectivity index (χ2v) is 9.31. The Labute approximate surface area is 189 Å². The fourth-order valence-electron chi connectivity index (χ4n) is 5.37. The van der Waals surface area contributed by atoms with Crippen molar-refractivity contribution in [3.63, 3.8) is 0 Å². The van der Waals surface area contributed by atoms with E-state index in [1.807, 2.05) is 12.1 Å². The molecule has 166 valence electrons. The molecule has 2 aromatic carbocycles. The van der Waals surface area contributed by atoms with Crippen molar-refractivity contribution in [1.82, 2.24) is 24.8 Å². The molecule has 0 amide bonds. The predicted molar refractivity (Wildman–Crippen MR) is 125 cm³/mol. The maximum atomic E-state index is 14.8. The number of nitrogens with two attached hydrogens (primary N) is 1. The van der Waals surface area contributed by atoms with Gasteiger partial charge in [-0.3, -0.25) is 4.79 Å². The molecule has 3 heterocycles. The van der Waals surface area contributed by atoms with Crippen molar-refractivity contribution in [2.45, 2.75) is 18.8 Å².